The first-order valence-electron chi connectivity index (χ1n) is 6.38. The fourth-order valence-corrected chi connectivity index (χ4v) is 3.18. The number of rotatable bonds is 5. The molecule has 0 aliphatic carbocycles. The number of hydrogen-bond acceptors (Lipinski definition) is 1. The van der Waals surface area contributed by atoms with Gasteiger partial charge in [0.05, 0.1) is 5.52 Å². The lowest BCUT2D eigenvalue weighted by Gasteiger charge is -2.15. The summed E-state index contributed by atoms with van der Waals surface area (Å²) in [5, 5.41) is 1.01. The summed E-state index contributed by atoms with van der Waals surface area (Å²) in [7, 11) is -1.05. The number of hydrogen-bond donors (Lipinski definition) is 0. The molecule has 0 spiro atoms. The van der Waals surface area contributed by atoms with Gasteiger partial charge in [-0.25, -0.2) is 4.39 Å². The monoisotopic (exact) mass is 343 g/mol. The van der Waals surface area contributed by atoms with Gasteiger partial charge in [-0.15, -0.1) is 0 Å². The van der Waals surface area contributed by atoms with E-state index in [9.17, 15) is 4.39 Å². The van der Waals surface area contributed by atoms with Gasteiger partial charge < -0.3 is 9.30 Å². The molecule has 1 heterocycles. The zero-order valence-electron chi connectivity index (χ0n) is 11.5. The second-order valence-electron chi connectivity index (χ2n) is 5.95. The second-order valence-corrected chi connectivity index (χ2v) is 12.4. The Morgan fingerprint density at radius 2 is 2.05 bits per heavy atom. The van der Waals surface area contributed by atoms with Crippen molar-refractivity contribution in [2.45, 2.75) is 32.4 Å². The van der Waals surface area contributed by atoms with E-state index in [0.717, 1.165) is 28.0 Å². The molecule has 0 bridgehead atoms. The zero-order chi connectivity index (χ0) is 14.0. The van der Waals surface area contributed by atoms with Crippen LogP contribution >= 0.6 is 15.9 Å². The van der Waals surface area contributed by atoms with Crippen molar-refractivity contribution in [1.82, 2.24) is 4.57 Å². The molecule has 0 aliphatic rings. The number of aromatic nitrogens is 1. The number of benzene rings is 1. The fraction of sp³-hybridized carbons (Fsp3) is 0.429. The van der Waals surface area contributed by atoms with Gasteiger partial charge in [0, 0.05) is 30.7 Å². The van der Waals surface area contributed by atoms with Gasteiger partial charge in [0.25, 0.3) is 0 Å². The summed E-state index contributed by atoms with van der Waals surface area (Å²) in [5.74, 6) is -0.235. The molecular formula is C14H19BrFNOSi. The number of nitrogens with zero attached hydrogens (tertiary/aromatic N) is 1. The summed E-state index contributed by atoms with van der Waals surface area (Å²) in [4.78, 5) is 0. The normalized spacial score (nSPS) is 12.3. The standard InChI is InChI=1S/C14H19BrFNOSi/c1-19(2,3)7-6-18-10-17-5-4-12-13(15)8-11(16)9-14(12)17/h4-5,8-9H,6-7,10H2,1-3H3. The quantitative estimate of drug-likeness (QED) is 0.558. The van der Waals surface area contributed by atoms with Gasteiger partial charge in [-0.1, -0.05) is 19.6 Å². The summed E-state index contributed by atoms with van der Waals surface area (Å²) in [6.45, 7) is 8.23. The minimum atomic E-state index is -1.05. The molecule has 0 saturated heterocycles. The molecule has 104 valence electrons. The minimum Gasteiger partial charge on any atom is -0.361 e. The van der Waals surface area contributed by atoms with Crippen molar-refractivity contribution in [3.05, 3.63) is 34.7 Å². The van der Waals surface area contributed by atoms with Crippen molar-refractivity contribution in [3.63, 3.8) is 0 Å². The van der Waals surface area contributed by atoms with Crippen LogP contribution in [0.2, 0.25) is 25.7 Å². The molecule has 19 heavy (non-hydrogen) atoms. The van der Waals surface area contributed by atoms with Crippen molar-refractivity contribution >= 4 is 34.9 Å². The Balaban J connectivity index is 2.05. The van der Waals surface area contributed by atoms with Gasteiger partial charge in [-0.05, 0) is 40.2 Å². The second kappa shape index (κ2) is 5.77. The van der Waals surface area contributed by atoms with Crippen LogP contribution in [0, 0.1) is 5.82 Å². The Morgan fingerprint density at radius 3 is 2.74 bits per heavy atom. The fourth-order valence-electron chi connectivity index (χ4n) is 1.87. The first-order chi connectivity index (χ1) is 8.87. The van der Waals surface area contributed by atoms with Gasteiger partial charge in [0.2, 0.25) is 0 Å². The highest BCUT2D eigenvalue weighted by atomic mass is 79.9. The highest BCUT2D eigenvalue weighted by Gasteiger charge is 2.12. The molecule has 0 atom stereocenters. The summed E-state index contributed by atoms with van der Waals surface area (Å²) in [5.41, 5.74) is 0.861. The van der Waals surface area contributed by atoms with Crippen LogP contribution in [-0.4, -0.2) is 19.2 Å². The molecule has 2 rings (SSSR count). The third-order valence-electron chi connectivity index (χ3n) is 3.03. The maximum absolute atomic E-state index is 13.4. The Hall–Kier alpha value is -0.653. The van der Waals surface area contributed by atoms with Crippen LogP contribution in [-0.2, 0) is 11.5 Å². The lowest BCUT2D eigenvalue weighted by Crippen LogP contribution is -2.21. The van der Waals surface area contributed by atoms with Crippen LogP contribution in [0.5, 0.6) is 0 Å². The molecule has 0 radical (unpaired) electrons. The van der Waals surface area contributed by atoms with Gasteiger partial charge in [0.1, 0.15) is 12.5 Å². The van der Waals surface area contributed by atoms with E-state index in [1.807, 2.05) is 16.8 Å². The Bertz CT molecular complexity index is 577. The van der Waals surface area contributed by atoms with Crippen molar-refractivity contribution in [2.75, 3.05) is 6.61 Å². The lowest BCUT2D eigenvalue weighted by atomic mass is 10.2. The van der Waals surface area contributed by atoms with Gasteiger partial charge >= 0.3 is 0 Å². The number of halogens is 2. The predicted molar refractivity (Wildman–Crippen MR) is 83.7 cm³/mol. The maximum Gasteiger partial charge on any atom is 0.126 e. The number of ether oxygens (including phenoxy) is 1. The van der Waals surface area contributed by atoms with E-state index in [-0.39, 0.29) is 5.82 Å². The molecule has 0 amide bonds. The smallest absolute Gasteiger partial charge is 0.126 e. The van der Waals surface area contributed by atoms with E-state index in [2.05, 4.69) is 35.6 Å². The third kappa shape index (κ3) is 3.90. The van der Waals surface area contributed by atoms with E-state index >= 15 is 0 Å². The molecule has 0 fully saturated rings. The van der Waals surface area contributed by atoms with E-state index in [1.165, 1.54) is 6.07 Å². The summed E-state index contributed by atoms with van der Waals surface area (Å²) < 4.78 is 21.8. The summed E-state index contributed by atoms with van der Waals surface area (Å²) >= 11 is 3.38. The van der Waals surface area contributed by atoms with Gasteiger partial charge in [-0.3, -0.25) is 0 Å². The van der Waals surface area contributed by atoms with Crippen LogP contribution in [0.15, 0.2) is 28.9 Å². The Morgan fingerprint density at radius 1 is 1.32 bits per heavy atom. The topological polar surface area (TPSA) is 14.2 Å². The predicted octanol–water partition coefficient (Wildman–Crippen LogP) is 4.86. The third-order valence-corrected chi connectivity index (χ3v) is 5.39. The maximum atomic E-state index is 13.4. The molecule has 0 N–H and O–H groups in total. The molecule has 1 aromatic heterocycles. The largest absolute Gasteiger partial charge is 0.361 e. The first kappa shape index (κ1) is 14.7. The summed E-state index contributed by atoms with van der Waals surface area (Å²) in [6, 6.07) is 6.14. The van der Waals surface area contributed by atoms with E-state index in [0.29, 0.717) is 6.73 Å². The molecule has 5 heteroatoms. The SMILES string of the molecule is C[Si](C)(C)CCOCn1ccc2c(Br)cc(F)cc21. The van der Waals surface area contributed by atoms with Crippen molar-refractivity contribution in [2.24, 2.45) is 0 Å². The van der Waals surface area contributed by atoms with Crippen LogP contribution in [0.25, 0.3) is 10.9 Å². The lowest BCUT2D eigenvalue weighted by molar-refractivity contribution is 0.0902. The number of fused-ring (bicyclic) bond motifs is 1. The molecule has 2 nitrogen and oxygen atoms in total. The van der Waals surface area contributed by atoms with Crippen molar-refractivity contribution < 1.29 is 9.13 Å². The van der Waals surface area contributed by atoms with Crippen LogP contribution in [0.3, 0.4) is 0 Å². The average molecular weight is 344 g/mol. The molecule has 0 saturated carbocycles. The first-order valence-corrected chi connectivity index (χ1v) is 10.9. The molecule has 2 aromatic rings. The van der Waals surface area contributed by atoms with E-state index < -0.39 is 8.07 Å². The van der Waals surface area contributed by atoms with Crippen LogP contribution in [0.4, 0.5) is 4.39 Å². The van der Waals surface area contributed by atoms with Crippen LogP contribution < -0.4 is 0 Å². The Kier molecular flexibility index (Phi) is 4.48. The molecular weight excluding hydrogens is 325 g/mol. The van der Waals surface area contributed by atoms with E-state index in [4.69, 9.17) is 4.74 Å². The Labute approximate surface area is 122 Å². The highest BCUT2D eigenvalue weighted by molar-refractivity contribution is 9.10. The zero-order valence-corrected chi connectivity index (χ0v) is 14.1. The molecule has 0 unspecified atom stereocenters. The van der Waals surface area contributed by atoms with Gasteiger partial charge in [-0.2, -0.15) is 0 Å². The summed E-state index contributed by atoms with van der Waals surface area (Å²) in [6.07, 6.45) is 1.93. The van der Waals surface area contributed by atoms with Crippen LogP contribution in [0.1, 0.15) is 0 Å². The van der Waals surface area contributed by atoms with Gasteiger partial charge in [0.15, 0.2) is 0 Å². The molecule has 0 aliphatic heterocycles. The van der Waals surface area contributed by atoms with E-state index in [1.54, 1.807) is 6.07 Å². The minimum absolute atomic E-state index is 0.235. The average Bonchev–Trinajstić information content (AvgIpc) is 2.66. The van der Waals surface area contributed by atoms with Crippen molar-refractivity contribution in [3.8, 4) is 0 Å². The highest BCUT2D eigenvalue weighted by Crippen LogP contribution is 2.26. The molecule has 1 aromatic carbocycles. The van der Waals surface area contributed by atoms with Crippen molar-refractivity contribution in [1.29, 1.82) is 0 Å².